The van der Waals surface area contributed by atoms with E-state index in [1.54, 1.807) is 0 Å². The first-order valence-electron chi connectivity index (χ1n) is 5.66. The Balaban J connectivity index is 2.40. The Hall–Kier alpha value is -0.120. The predicted molar refractivity (Wildman–Crippen MR) is 59.1 cm³/mol. The number of aliphatic hydroxyl groups excluding tert-OH is 1. The minimum Gasteiger partial charge on any atom is -0.396 e. The zero-order chi connectivity index (χ0) is 10.6. The molecule has 0 unspecified atom stereocenters. The van der Waals surface area contributed by atoms with Gasteiger partial charge in [0, 0.05) is 12.1 Å². The van der Waals surface area contributed by atoms with Crippen molar-refractivity contribution >= 4 is 0 Å². The van der Waals surface area contributed by atoms with Crippen LogP contribution in [0.15, 0.2) is 0 Å². The number of hydrogen-bond acceptors (Lipinski definition) is 3. The smallest absolute Gasteiger partial charge is 0.0460 e. The quantitative estimate of drug-likeness (QED) is 0.706. The van der Waals surface area contributed by atoms with Crippen LogP contribution in [-0.4, -0.2) is 41.8 Å². The molecule has 0 bridgehead atoms. The minimum atomic E-state index is 0.231. The molecule has 1 aliphatic heterocycles. The minimum absolute atomic E-state index is 0.231. The number of aliphatic hydroxyl groups is 1. The Morgan fingerprint density at radius 1 is 1.36 bits per heavy atom. The molecule has 0 saturated carbocycles. The summed E-state index contributed by atoms with van der Waals surface area (Å²) in [5.74, 6) is 0.528. The van der Waals surface area contributed by atoms with E-state index < -0.39 is 0 Å². The highest BCUT2D eigenvalue weighted by Crippen LogP contribution is 2.25. The van der Waals surface area contributed by atoms with Crippen LogP contribution >= 0.6 is 0 Å². The second-order valence-electron chi connectivity index (χ2n) is 4.96. The number of piperidine rings is 1. The van der Waals surface area contributed by atoms with Gasteiger partial charge in [-0.05, 0) is 58.7 Å². The zero-order valence-electron chi connectivity index (χ0n) is 9.50. The van der Waals surface area contributed by atoms with Crippen LogP contribution in [0.2, 0.25) is 0 Å². The van der Waals surface area contributed by atoms with Crippen molar-refractivity contribution in [2.24, 2.45) is 11.7 Å². The predicted octanol–water partition coefficient (Wildman–Crippen LogP) is 0.818. The number of rotatable bonds is 4. The molecule has 1 heterocycles. The average molecular weight is 200 g/mol. The van der Waals surface area contributed by atoms with E-state index in [-0.39, 0.29) is 5.54 Å². The Morgan fingerprint density at radius 2 is 1.93 bits per heavy atom. The first-order valence-corrected chi connectivity index (χ1v) is 5.66. The maximum atomic E-state index is 9.04. The third-order valence-corrected chi connectivity index (χ3v) is 3.48. The van der Waals surface area contributed by atoms with E-state index in [2.05, 4.69) is 18.7 Å². The van der Waals surface area contributed by atoms with Gasteiger partial charge >= 0.3 is 0 Å². The van der Waals surface area contributed by atoms with Crippen LogP contribution < -0.4 is 5.73 Å². The fraction of sp³-hybridized carbons (Fsp3) is 1.00. The molecule has 3 N–H and O–H groups in total. The summed E-state index contributed by atoms with van der Waals surface area (Å²) >= 11 is 0. The molecule has 0 radical (unpaired) electrons. The van der Waals surface area contributed by atoms with Crippen LogP contribution in [0, 0.1) is 5.92 Å². The summed E-state index contributed by atoms with van der Waals surface area (Å²) < 4.78 is 0. The molecule has 3 heteroatoms. The van der Waals surface area contributed by atoms with E-state index >= 15 is 0 Å². The Bertz CT molecular complexity index is 163. The number of likely N-dealkylation sites (tertiary alicyclic amines) is 1. The molecule has 0 aromatic carbocycles. The van der Waals surface area contributed by atoms with Crippen molar-refractivity contribution in [1.29, 1.82) is 0 Å². The van der Waals surface area contributed by atoms with E-state index in [0.29, 0.717) is 12.5 Å². The van der Waals surface area contributed by atoms with Crippen LogP contribution in [0.1, 0.15) is 33.1 Å². The molecule has 1 saturated heterocycles. The second kappa shape index (κ2) is 5.10. The fourth-order valence-corrected chi connectivity index (χ4v) is 2.23. The zero-order valence-corrected chi connectivity index (χ0v) is 9.50. The highest BCUT2D eigenvalue weighted by Gasteiger charge is 2.29. The molecule has 1 fully saturated rings. The van der Waals surface area contributed by atoms with Crippen LogP contribution in [-0.2, 0) is 0 Å². The van der Waals surface area contributed by atoms with Gasteiger partial charge in [0.15, 0.2) is 0 Å². The van der Waals surface area contributed by atoms with E-state index in [0.717, 1.165) is 38.9 Å². The molecular weight excluding hydrogens is 176 g/mol. The van der Waals surface area contributed by atoms with Gasteiger partial charge < -0.3 is 10.8 Å². The highest BCUT2D eigenvalue weighted by atomic mass is 16.3. The van der Waals surface area contributed by atoms with Gasteiger partial charge in [0.2, 0.25) is 0 Å². The van der Waals surface area contributed by atoms with E-state index in [1.807, 2.05) is 0 Å². The van der Waals surface area contributed by atoms with Crippen LogP contribution in [0.25, 0.3) is 0 Å². The summed E-state index contributed by atoms with van der Waals surface area (Å²) in [6.07, 6.45) is 3.31. The lowest BCUT2D eigenvalue weighted by Crippen LogP contribution is -2.49. The van der Waals surface area contributed by atoms with Crippen molar-refractivity contribution in [3.05, 3.63) is 0 Å². The normalized spacial score (nSPS) is 21.4. The molecule has 0 atom stereocenters. The summed E-state index contributed by atoms with van der Waals surface area (Å²) in [4.78, 5) is 2.51. The van der Waals surface area contributed by atoms with Gasteiger partial charge in [-0.1, -0.05) is 0 Å². The van der Waals surface area contributed by atoms with Gasteiger partial charge in [0.25, 0.3) is 0 Å². The number of nitrogens with zero attached hydrogens (tertiary/aromatic N) is 1. The SMILES string of the molecule is CC(C)(CCN)N1CCC(CO)CC1. The van der Waals surface area contributed by atoms with Gasteiger partial charge in [-0.3, -0.25) is 4.90 Å². The summed E-state index contributed by atoms with van der Waals surface area (Å²) in [5.41, 5.74) is 5.84. The van der Waals surface area contributed by atoms with E-state index in [1.165, 1.54) is 0 Å². The average Bonchev–Trinajstić information content (AvgIpc) is 2.18. The molecule has 0 amide bonds. The molecular formula is C11H24N2O. The van der Waals surface area contributed by atoms with Crippen LogP contribution in [0.3, 0.4) is 0 Å². The van der Waals surface area contributed by atoms with Gasteiger partial charge in [-0.15, -0.1) is 0 Å². The van der Waals surface area contributed by atoms with Crippen molar-refractivity contribution in [2.45, 2.75) is 38.6 Å². The number of hydrogen-bond donors (Lipinski definition) is 2. The number of nitrogens with two attached hydrogens (primary N) is 1. The summed E-state index contributed by atoms with van der Waals surface area (Å²) in [7, 11) is 0. The lowest BCUT2D eigenvalue weighted by Gasteiger charge is -2.42. The first kappa shape index (κ1) is 12.0. The first-order chi connectivity index (χ1) is 6.60. The van der Waals surface area contributed by atoms with Crippen molar-refractivity contribution in [3.8, 4) is 0 Å². The molecule has 0 aromatic rings. The van der Waals surface area contributed by atoms with Gasteiger partial charge in [-0.25, -0.2) is 0 Å². The topological polar surface area (TPSA) is 49.5 Å². The lowest BCUT2D eigenvalue weighted by atomic mass is 9.91. The Kier molecular flexibility index (Phi) is 4.35. The van der Waals surface area contributed by atoms with Gasteiger partial charge in [0.1, 0.15) is 0 Å². The fourth-order valence-electron chi connectivity index (χ4n) is 2.23. The van der Waals surface area contributed by atoms with Crippen LogP contribution in [0.5, 0.6) is 0 Å². The molecule has 14 heavy (non-hydrogen) atoms. The van der Waals surface area contributed by atoms with Gasteiger partial charge in [-0.2, -0.15) is 0 Å². The summed E-state index contributed by atoms with van der Waals surface area (Å²) in [5, 5.41) is 9.04. The third kappa shape index (κ3) is 2.94. The van der Waals surface area contributed by atoms with Crippen LogP contribution in [0.4, 0.5) is 0 Å². The molecule has 3 nitrogen and oxygen atoms in total. The summed E-state index contributed by atoms with van der Waals surface area (Å²) in [6, 6.07) is 0. The second-order valence-corrected chi connectivity index (χ2v) is 4.96. The van der Waals surface area contributed by atoms with Crippen molar-refractivity contribution < 1.29 is 5.11 Å². The molecule has 0 aliphatic carbocycles. The molecule has 0 spiro atoms. The van der Waals surface area contributed by atoms with E-state index in [9.17, 15) is 0 Å². The third-order valence-electron chi connectivity index (χ3n) is 3.48. The molecule has 1 rings (SSSR count). The Morgan fingerprint density at radius 3 is 2.36 bits per heavy atom. The van der Waals surface area contributed by atoms with Crippen molar-refractivity contribution in [2.75, 3.05) is 26.2 Å². The Labute approximate surface area is 87.3 Å². The maximum Gasteiger partial charge on any atom is 0.0460 e. The molecule has 84 valence electrons. The van der Waals surface area contributed by atoms with Crippen molar-refractivity contribution in [1.82, 2.24) is 4.90 Å². The largest absolute Gasteiger partial charge is 0.396 e. The summed E-state index contributed by atoms with van der Waals surface area (Å²) in [6.45, 7) is 7.85. The van der Waals surface area contributed by atoms with Crippen molar-refractivity contribution in [3.63, 3.8) is 0 Å². The molecule has 0 aromatic heterocycles. The monoisotopic (exact) mass is 200 g/mol. The van der Waals surface area contributed by atoms with E-state index in [4.69, 9.17) is 10.8 Å². The van der Waals surface area contributed by atoms with Gasteiger partial charge in [0.05, 0.1) is 0 Å². The highest BCUT2D eigenvalue weighted by molar-refractivity contribution is 4.85. The standard InChI is InChI=1S/C11H24N2O/c1-11(2,5-6-12)13-7-3-10(9-14)4-8-13/h10,14H,3-9,12H2,1-2H3. The molecule has 1 aliphatic rings. The maximum absolute atomic E-state index is 9.04. The lowest BCUT2D eigenvalue weighted by molar-refractivity contribution is 0.0542.